The van der Waals surface area contributed by atoms with Crippen LogP contribution in [0.3, 0.4) is 0 Å². The minimum absolute atomic E-state index is 0.0275. The minimum atomic E-state index is -0.0275. The summed E-state index contributed by atoms with van der Waals surface area (Å²) >= 11 is 0. The third-order valence-corrected chi connectivity index (χ3v) is 2.63. The molecule has 0 fully saturated rings. The van der Waals surface area contributed by atoms with Gasteiger partial charge in [0, 0.05) is 13.2 Å². The Kier molecular flexibility index (Phi) is 7.25. The Morgan fingerprint density at radius 1 is 1.05 bits per heavy atom. The zero-order valence-corrected chi connectivity index (χ0v) is 11.8. The van der Waals surface area contributed by atoms with Gasteiger partial charge >= 0.3 is 0 Å². The van der Waals surface area contributed by atoms with E-state index in [-0.39, 0.29) is 6.04 Å². The Hall–Kier alpha value is -1.30. The normalized spacial score (nSPS) is 12.2. The average Bonchev–Trinajstić information content (AvgIpc) is 2.42. The fourth-order valence-corrected chi connectivity index (χ4v) is 1.54. The lowest BCUT2D eigenvalue weighted by Crippen LogP contribution is -2.11. The molecule has 1 atom stereocenters. The largest absolute Gasteiger partial charge is 0.493 e. The number of rotatable bonds is 9. The molecule has 2 N–H and O–H groups in total. The molecule has 0 heterocycles. The third kappa shape index (κ3) is 5.46. The quantitative estimate of drug-likeness (QED) is 0.692. The predicted octanol–water partition coefficient (Wildman–Crippen LogP) is 1.76. The van der Waals surface area contributed by atoms with E-state index in [1.165, 1.54) is 0 Å². The standard InChI is InChI=1S/C14H23NO4/c1-11(15)12-4-5-13(14(10-12)17-3)19-9-8-18-7-6-16-2/h4-5,10-11H,6-9,15H2,1-3H3/t11-/m0/s1. The molecule has 0 radical (unpaired) electrons. The van der Waals surface area contributed by atoms with Crippen LogP contribution in [-0.4, -0.2) is 40.6 Å². The van der Waals surface area contributed by atoms with E-state index in [9.17, 15) is 0 Å². The maximum atomic E-state index is 5.83. The fourth-order valence-electron chi connectivity index (χ4n) is 1.54. The van der Waals surface area contributed by atoms with Crippen LogP contribution >= 0.6 is 0 Å². The van der Waals surface area contributed by atoms with Gasteiger partial charge < -0.3 is 24.7 Å². The third-order valence-electron chi connectivity index (χ3n) is 2.63. The number of hydrogen-bond acceptors (Lipinski definition) is 5. The van der Waals surface area contributed by atoms with Crippen molar-refractivity contribution in [3.05, 3.63) is 23.8 Å². The maximum Gasteiger partial charge on any atom is 0.161 e. The SMILES string of the molecule is COCCOCCOc1ccc([C@H](C)N)cc1OC. The number of methoxy groups -OCH3 is 2. The van der Waals surface area contributed by atoms with E-state index in [0.717, 1.165) is 5.56 Å². The second-order valence-electron chi connectivity index (χ2n) is 4.15. The molecule has 5 heteroatoms. The van der Waals surface area contributed by atoms with Gasteiger partial charge in [0.05, 0.1) is 26.9 Å². The van der Waals surface area contributed by atoms with E-state index in [1.54, 1.807) is 14.2 Å². The number of hydrogen-bond donors (Lipinski definition) is 1. The monoisotopic (exact) mass is 269 g/mol. The van der Waals surface area contributed by atoms with Crippen LogP contribution in [0.5, 0.6) is 11.5 Å². The zero-order valence-electron chi connectivity index (χ0n) is 11.8. The zero-order chi connectivity index (χ0) is 14.1. The van der Waals surface area contributed by atoms with Crippen LogP contribution in [0.1, 0.15) is 18.5 Å². The highest BCUT2D eigenvalue weighted by atomic mass is 16.5. The summed E-state index contributed by atoms with van der Waals surface area (Å²) in [6.07, 6.45) is 0. The van der Waals surface area contributed by atoms with Gasteiger partial charge in [-0.05, 0) is 24.6 Å². The van der Waals surface area contributed by atoms with Gasteiger partial charge in [0.2, 0.25) is 0 Å². The number of nitrogens with two attached hydrogens (primary N) is 1. The first kappa shape index (κ1) is 15.8. The predicted molar refractivity (Wildman–Crippen MR) is 73.8 cm³/mol. The van der Waals surface area contributed by atoms with Crippen LogP contribution in [0.15, 0.2) is 18.2 Å². The molecule has 1 rings (SSSR count). The summed E-state index contributed by atoms with van der Waals surface area (Å²) in [5.74, 6) is 1.38. The molecule has 0 aliphatic carbocycles. The van der Waals surface area contributed by atoms with Gasteiger partial charge in [0.15, 0.2) is 11.5 Å². The Bertz CT molecular complexity index is 368. The molecule has 0 aromatic heterocycles. The highest BCUT2D eigenvalue weighted by Crippen LogP contribution is 2.29. The van der Waals surface area contributed by atoms with Crippen LogP contribution < -0.4 is 15.2 Å². The molecule has 0 aliphatic heterocycles. The van der Waals surface area contributed by atoms with E-state index >= 15 is 0 Å². The maximum absolute atomic E-state index is 5.83. The van der Waals surface area contributed by atoms with Crippen molar-refractivity contribution < 1.29 is 18.9 Å². The van der Waals surface area contributed by atoms with Gasteiger partial charge in [-0.3, -0.25) is 0 Å². The second kappa shape index (κ2) is 8.74. The van der Waals surface area contributed by atoms with E-state index in [1.807, 2.05) is 25.1 Å². The van der Waals surface area contributed by atoms with Crippen molar-refractivity contribution in [2.24, 2.45) is 5.73 Å². The van der Waals surface area contributed by atoms with E-state index in [4.69, 9.17) is 24.7 Å². The molecule has 0 spiro atoms. The van der Waals surface area contributed by atoms with Crippen molar-refractivity contribution in [3.8, 4) is 11.5 Å². The van der Waals surface area contributed by atoms with E-state index in [2.05, 4.69) is 0 Å². The molecule has 5 nitrogen and oxygen atoms in total. The molecule has 108 valence electrons. The van der Waals surface area contributed by atoms with Crippen molar-refractivity contribution in [2.75, 3.05) is 40.6 Å². The molecule has 1 aromatic rings. The molecule has 0 saturated carbocycles. The summed E-state index contributed by atoms with van der Waals surface area (Å²) in [5.41, 5.74) is 6.84. The van der Waals surface area contributed by atoms with Crippen molar-refractivity contribution in [1.29, 1.82) is 0 Å². The summed E-state index contributed by atoms with van der Waals surface area (Å²) < 4.78 is 21.1. The summed E-state index contributed by atoms with van der Waals surface area (Å²) in [4.78, 5) is 0. The molecule has 0 unspecified atom stereocenters. The molecular formula is C14H23NO4. The fraction of sp³-hybridized carbons (Fsp3) is 0.571. The first-order valence-corrected chi connectivity index (χ1v) is 6.32. The summed E-state index contributed by atoms with van der Waals surface area (Å²) in [7, 11) is 3.26. The Labute approximate surface area is 114 Å². The second-order valence-corrected chi connectivity index (χ2v) is 4.15. The summed E-state index contributed by atoms with van der Waals surface area (Å²) in [6, 6.07) is 5.67. The van der Waals surface area contributed by atoms with Crippen LogP contribution in [-0.2, 0) is 9.47 Å². The summed E-state index contributed by atoms with van der Waals surface area (Å²) in [5, 5.41) is 0. The summed E-state index contributed by atoms with van der Waals surface area (Å²) in [6.45, 7) is 4.07. The molecule has 0 bridgehead atoms. The Morgan fingerprint density at radius 2 is 1.79 bits per heavy atom. The Balaban J connectivity index is 2.44. The van der Waals surface area contributed by atoms with Crippen molar-refractivity contribution >= 4 is 0 Å². The average molecular weight is 269 g/mol. The van der Waals surface area contributed by atoms with Crippen molar-refractivity contribution in [1.82, 2.24) is 0 Å². The smallest absolute Gasteiger partial charge is 0.161 e. The van der Waals surface area contributed by atoms with Crippen LogP contribution in [0.4, 0.5) is 0 Å². The highest BCUT2D eigenvalue weighted by molar-refractivity contribution is 5.43. The molecule has 1 aromatic carbocycles. The lowest BCUT2D eigenvalue weighted by molar-refractivity contribution is 0.0540. The molecule has 19 heavy (non-hydrogen) atoms. The van der Waals surface area contributed by atoms with Crippen LogP contribution in [0.2, 0.25) is 0 Å². The minimum Gasteiger partial charge on any atom is -0.493 e. The van der Waals surface area contributed by atoms with Crippen LogP contribution in [0, 0.1) is 0 Å². The van der Waals surface area contributed by atoms with Gasteiger partial charge in [0.1, 0.15) is 6.61 Å². The molecule has 0 aliphatic rings. The first-order chi connectivity index (χ1) is 9.19. The van der Waals surface area contributed by atoms with Gasteiger partial charge in [0.25, 0.3) is 0 Å². The van der Waals surface area contributed by atoms with Crippen molar-refractivity contribution in [2.45, 2.75) is 13.0 Å². The van der Waals surface area contributed by atoms with E-state index < -0.39 is 0 Å². The van der Waals surface area contributed by atoms with Gasteiger partial charge in [-0.15, -0.1) is 0 Å². The topological polar surface area (TPSA) is 62.9 Å². The van der Waals surface area contributed by atoms with Gasteiger partial charge in [-0.1, -0.05) is 6.07 Å². The lowest BCUT2D eigenvalue weighted by Gasteiger charge is -2.13. The Morgan fingerprint density at radius 3 is 2.42 bits per heavy atom. The molecule has 0 saturated heterocycles. The van der Waals surface area contributed by atoms with Gasteiger partial charge in [-0.25, -0.2) is 0 Å². The molecule has 0 amide bonds. The number of benzene rings is 1. The molecular weight excluding hydrogens is 246 g/mol. The van der Waals surface area contributed by atoms with Crippen LogP contribution in [0.25, 0.3) is 0 Å². The first-order valence-electron chi connectivity index (χ1n) is 6.32. The highest BCUT2D eigenvalue weighted by Gasteiger charge is 2.07. The number of ether oxygens (including phenoxy) is 4. The lowest BCUT2D eigenvalue weighted by atomic mass is 10.1. The van der Waals surface area contributed by atoms with Gasteiger partial charge in [-0.2, -0.15) is 0 Å². The van der Waals surface area contributed by atoms with E-state index in [0.29, 0.717) is 37.9 Å². The van der Waals surface area contributed by atoms with Crippen molar-refractivity contribution in [3.63, 3.8) is 0 Å².